The van der Waals surface area contributed by atoms with Crippen molar-refractivity contribution in [2.75, 3.05) is 0 Å². The van der Waals surface area contributed by atoms with Crippen molar-refractivity contribution >= 4 is 34.3 Å². The van der Waals surface area contributed by atoms with Gasteiger partial charge in [0.25, 0.3) is 5.91 Å². The van der Waals surface area contributed by atoms with Gasteiger partial charge in [-0.25, -0.2) is 9.97 Å². The van der Waals surface area contributed by atoms with Crippen LogP contribution in [0.1, 0.15) is 35.5 Å². The van der Waals surface area contributed by atoms with E-state index in [4.69, 9.17) is 11.6 Å². The SMILES string of the molecule is C/C=C\N=C(C)c1c(CNC(=O)c2ccc(Cl)nc2)c(=O)c2cccnc2n1-c1ccccc1. The molecular formula is C26H22ClN5O2. The van der Waals surface area contributed by atoms with Gasteiger partial charge in [-0.3, -0.25) is 19.1 Å². The number of carbonyl (C=O) groups excluding carboxylic acids is 1. The molecule has 0 spiro atoms. The van der Waals surface area contributed by atoms with Crippen molar-refractivity contribution < 1.29 is 4.79 Å². The Morgan fingerprint density at radius 3 is 2.62 bits per heavy atom. The van der Waals surface area contributed by atoms with Crippen LogP contribution in [0.2, 0.25) is 5.15 Å². The maximum atomic E-state index is 13.6. The number of nitrogens with one attached hydrogen (secondary N) is 1. The highest BCUT2D eigenvalue weighted by Crippen LogP contribution is 2.22. The number of hydrogen-bond acceptors (Lipinski definition) is 5. The van der Waals surface area contributed by atoms with Gasteiger partial charge in [0.05, 0.1) is 22.4 Å². The maximum absolute atomic E-state index is 13.6. The Balaban J connectivity index is 1.92. The number of halogens is 1. The Labute approximate surface area is 201 Å². The van der Waals surface area contributed by atoms with Crippen LogP contribution in [0, 0.1) is 0 Å². The monoisotopic (exact) mass is 471 g/mol. The van der Waals surface area contributed by atoms with Gasteiger partial charge in [0.1, 0.15) is 10.8 Å². The molecule has 34 heavy (non-hydrogen) atoms. The molecule has 1 aromatic carbocycles. The van der Waals surface area contributed by atoms with E-state index in [1.165, 1.54) is 6.20 Å². The predicted molar refractivity (Wildman–Crippen MR) is 135 cm³/mol. The first kappa shape index (κ1) is 23.1. The summed E-state index contributed by atoms with van der Waals surface area (Å²) in [4.78, 5) is 39.3. The first-order chi connectivity index (χ1) is 16.5. The lowest BCUT2D eigenvalue weighted by atomic mass is 10.0. The molecule has 0 radical (unpaired) electrons. The standard InChI is InChI=1S/C26H22ClN5O2/c1-3-13-28-17(2)23-21(16-31-26(34)18-11-12-22(27)30-15-18)24(33)20-10-7-14-29-25(20)32(23)19-8-5-4-6-9-19/h3-15H,16H2,1-2H3,(H,31,34)/b13-3-,28-17?. The van der Waals surface area contributed by atoms with Crippen molar-refractivity contribution in [3.63, 3.8) is 0 Å². The second-order valence-electron chi connectivity index (χ2n) is 7.45. The molecule has 7 nitrogen and oxygen atoms in total. The third-order valence-electron chi connectivity index (χ3n) is 5.22. The van der Waals surface area contributed by atoms with Gasteiger partial charge in [-0.1, -0.05) is 35.9 Å². The summed E-state index contributed by atoms with van der Waals surface area (Å²) in [5.74, 6) is -0.366. The summed E-state index contributed by atoms with van der Waals surface area (Å²) in [7, 11) is 0. The Bertz CT molecular complexity index is 1460. The fraction of sp³-hybridized carbons (Fsp3) is 0.115. The van der Waals surface area contributed by atoms with E-state index in [2.05, 4.69) is 20.3 Å². The second-order valence-corrected chi connectivity index (χ2v) is 7.84. The Kier molecular flexibility index (Phi) is 6.94. The first-order valence-electron chi connectivity index (χ1n) is 10.6. The minimum atomic E-state index is -0.366. The number of allylic oxidation sites excluding steroid dienone is 1. The highest BCUT2D eigenvalue weighted by Gasteiger charge is 2.21. The summed E-state index contributed by atoms with van der Waals surface area (Å²) >= 11 is 5.83. The largest absolute Gasteiger partial charge is 0.348 e. The van der Waals surface area contributed by atoms with Crippen LogP contribution in [-0.4, -0.2) is 26.2 Å². The first-order valence-corrected chi connectivity index (χ1v) is 11.0. The lowest BCUT2D eigenvalue weighted by Crippen LogP contribution is -2.30. The molecule has 4 rings (SSSR count). The van der Waals surface area contributed by atoms with Crippen molar-refractivity contribution in [1.82, 2.24) is 19.9 Å². The van der Waals surface area contributed by atoms with E-state index in [0.717, 1.165) is 5.69 Å². The van der Waals surface area contributed by atoms with Crippen LogP contribution in [0.25, 0.3) is 16.7 Å². The van der Waals surface area contributed by atoms with E-state index in [9.17, 15) is 9.59 Å². The molecule has 1 amide bonds. The predicted octanol–water partition coefficient (Wildman–Crippen LogP) is 4.71. The van der Waals surface area contributed by atoms with Crippen LogP contribution in [0.3, 0.4) is 0 Å². The summed E-state index contributed by atoms with van der Waals surface area (Å²) in [6, 6.07) is 16.2. The lowest BCUT2D eigenvalue weighted by Gasteiger charge is -2.20. The molecule has 1 N–H and O–H groups in total. The number of fused-ring (bicyclic) bond motifs is 1. The number of aromatic nitrogens is 3. The van der Waals surface area contributed by atoms with Crippen LogP contribution in [-0.2, 0) is 6.54 Å². The molecule has 4 aromatic rings. The van der Waals surface area contributed by atoms with Gasteiger partial charge in [-0.15, -0.1) is 0 Å². The normalized spacial score (nSPS) is 11.8. The molecule has 0 aliphatic rings. The third-order valence-corrected chi connectivity index (χ3v) is 5.44. The van der Waals surface area contributed by atoms with E-state index in [-0.39, 0.29) is 17.9 Å². The quantitative estimate of drug-likeness (QED) is 0.326. The van der Waals surface area contributed by atoms with E-state index < -0.39 is 0 Å². The molecule has 0 unspecified atom stereocenters. The maximum Gasteiger partial charge on any atom is 0.253 e. The number of aliphatic imine (C=N–C) groups is 1. The van der Waals surface area contributed by atoms with Gasteiger partial charge in [-0.05, 0) is 50.2 Å². The van der Waals surface area contributed by atoms with Crippen LogP contribution < -0.4 is 10.7 Å². The zero-order chi connectivity index (χ0) is 24.1. The lowest BCUT2D eigenvalue weighted by molar-refractivity contribution is 0.0950. The number of benzene rings is 1. The summed E-state index contributed by atoms with van der Waals surface area (Å²) in [6.07, 6.45) is 6.52. The van der Waals surface area contributed by atoms with Crippen molar-refractivity contribution in [2.45, 2.75) is 20.4 Å². The smallest absolute Gasteiger partial charge is 0.253 e. The number of rotatable bonds is 6. The highest BCUT2D eigenvalue weighted by atomic mass is 35.5. The summed E-state index contributed by atoms with van der Waals surface area (Å²) < 4.78 is 1.91. The van der Waals surface area contributed by atoms with Gasteiger partial charge in [-0.2, -0.15) is 0 Å². The van der Waals surface area contributed by atoms with Crippen molar-refractivity contribution in [3.05, 3.63) is 111 Å². The van der Waals surface area contributed by atoms with E-state index >= 15 is 0 Å². The molecule has 170 valence electrons. The average Bonchev–Trinajstić information content (AvgIpc) is 2.87. The van der Waals surface area contributed by atoms with Crippen LogP contribution in [0.4, 0.5) is 0 Å². The highest BCUT2D eigenvalue weighted by molar-refractivity contribution is 6.29. The minimum absolute atomic E-state index is 0.00397. The molecule has 0 aliphatic heterocycles. The van der Waals surface area contributed by atoms with Crippen molar-refractivity contribution in [3.8, 4) is 5.69 Å². The Morgan fingerprint density at radius 2 is 1.91 bits per heavy atom. The van der Waals surface area contributed by atoms with Crippen molar-refractivity contribution in [2.24, 2.45) is 4.99 Å². The van der Waals surface area contributed by atoms with Gasteiger partial charge < -0.3 is 5.32 Å². The molecular weight excluding hydrogens is 450 g/mol. The molecule has 0 bridgehead atoms. The summed E-state index contributed by atoms with van der Waals surface area (Å²) in [5, 5.41) is 3.59. The molecule has 3 aromatic heterocycles. The number of hydrogen-bond donors (Lipinski definition) is 1. The van der Waals surface area contributed by atoms with Gasteiger partial charge in [0.15, 0.2) is 5.43 Å². The van der Waals surface area contributed by atoms with Gasteiger partial charge >= 0.3 is 0 Å². The zero-order valence-electron chi connectivity index (χ0n) is 18.7. The zero-order valence-corrected chi connectivity index (χ0v) is 19.5. The molecule has 0 aliphatic carbocycles. The van der Waals surface area contributed by atoms with E-state index in [0.29, 0.717) is 38.7 Å². The van der Waals surface area contributed by atoms with Crippen molar-refractivity contribution in [1.29, 1.82) is 0 Å². The fourth-order valence-electron chi connectivity index (χ4n) is 3.66. The Morgan fingerprint density at radius 1 is 1.12 bits per heavy atom. The number of nitrogens with zero attached hydrogens (tertiary/aromatic N) is 4. The molecule has 8 heteroatoms. The van der Waals surface area contributed by atoms with E-state index in [1.807, 2.05) is 54.8 Å². The van der Waals surface area contributed by atoms with Gasteiger partial charge in [0.2, 0.25) is 0 Å². The van der Waals surface area contributed by atoms with Crippen LogP contribution >= 0.6 is 11.6 Å². The molecule has 0 saturated heterocycles. The van der Waals surface area contributed by atoms with Crippen LogP contribution in [0.5, 0.6) is 0 Å². The second kappa shape index (κ2) is 10.2. The van der Waals surface area contributed by atoms with Crippen LogP contribution in [0.15, 0.2) is 89.1 Å². The molecule has 3 heterocycles. The summed E-state index contributed by atoms with van der Waals surface area (Å²) in [5.41, 5.74) is 3.07. The number of pyridine rings is 3. The van der Waals surface area contributed by atoms with Gasteiger partial charge in [0, 0.05) is 36.4 Å². The number of para-hydroxylation sites is 1. The number of amides is 1. The molecule has 0 fully saturated rings. The third kappa shape index (κ3) is 4.65. The molecule has 0 atom stereocenters. The van der Waals surface area contributed by atoms with E-state index in [1.54, 1.807) is 36.7 Å². The number of carbonyl (C=O) groups is 1. The molecule has 0 saturated carbocycles. The topological polar surface area (TPSA) is 89.2 Å². The summed E-state index contributed by atoms with van der Waals surface area (Å²) in [6.45, 7) is 3.69. The average molecular weight is 472 g/mol. The Hall–Kier alpha value is -4.10. The fourth-order valence-corrected chi connectivity index (χ4v) is 3.78. The minimum Gasteiger partial charge on any atom is -0.348 e.